The van der Waals surface area contributed by atoms with Gasteiger partial charge in [0.25, 0.3) is 0 Å². The molecular weight excluding hydrogens is 556 g/mol. The molecule has 0 heterocycles. The summed E-state index contributed by atoms with van der Waals surface area (Å²) in [5.74, 6) is -1.01. The molecule has 0 spiro atoms. The lowest BCUT2D eigenvalue weighted by Crippen LogP contribution is -2.52. The van der Waals surface area contributed by atoms with Crippen molar-refractivity contribution in [1.82, 2.24) is 10.2 Å². The minimum absolute atomic E-state index is 0.00200. The molecule has 0 radical (unpaired) electrons. The van der Waals surface area contributed by atoms with Crippen LogP contribution in [0.25, 0.3) is 0 Å². The smallest absolute Gasteiger partial charge is 0.244 e. The third-order valence-electron chi connectivity index (χ3n) is 5.40. The number of benzene rings is 2. The lowest BCUT2D eigenvalue weighted by Gasteiger charge is -2.32. The topological polar surface area (TPSA) is 86.8 Å². The van der Waals surface area contributed by atoms with Crippen LogP contribution in [0, 0.1) is 0 Å². The van der Waals surface area contributed by atoms with Gasteiger partial charge < -0.3 is 10.2 Å². The van der Waals surface area contributed by atoms with Crippen LogP contribution in [0.4, 0.5) is 5.69 Å². The Bertz CT molecular complexity index is 1190. The quantitative estimate of drug-likeness (QED) is 0.380. The highest BCUT2D eigenvalue weighted by atomic mass is 35.5. The molecule has 12 heteroatoms. The first-order chi connectivity index (χ1) is 16.3. The lowest BCUT2D eigenvalue weighted by molar-refractivity contribution is -0.139. The van der Waals surface area contributed by atoms with Crippen LogP contribution in [0.5, 0.6) is 0 Å². The van der Waals surface area contributed by atoms with Gasteiger partial charge in [-0.15, -0.1) is 0 Å². The van der Waals surface area contributed by atoms with E-state index in [1.807, 2.05) is 13.8 Å². The first kappa shape index (κ1) is 29.5. The number of sulfonamides is 1. The van der Waals surface area contributed by atoms with Crippen LogP contribution in [-0.2, 0) is 26.2 Å². The zero-order valence-corrected chi connectivity index (χ0v) is 23.5. The molecule has 0 saturated carbocycles. The highest BCUT2D eigenvalue weighted by molar-refractivity contribution is 7.92. The number of hydrogen-bond acceptors (Lipinski definition) is 4. The summed E-state index contributed by atoms with van der Waals surface area (Å²) in [5.41, 5.74) is 0.593. The predicted molar refractivity (Wildman–Crippen MR) is 143 cm³/mol. The van der Waals surface area contributed by atoms with E-state index in [1.54, 1.807) is 31.2 Å². The van der Waals surface area contributed by atoms with Gasteiger partial charge in [0, 0.05) is 17.6 Å². The zero-order valence-electron chi connectivity index (χ0n) is 19.7. The van der Waals surface area contributed by atoms with Gasteiger partial charge in [-0.3, -0.25) is 13.9 Å². The molecule has 0 aliphatic heterocycles. The van der Waals surface area contributed by atoms with Crippen LogP contribution in [0.2, 0.25) is 20.1 Å². The maximum Gasteiger partial charge on any atom is 0.244 e. The second-order valence-electron chi connectivity index (χ2n) is 8.09. The van der Waals surface area contributed by atoms with Gasteiger partial charge in [0.05, 0.1) is 27.0 Å². The molecular formula is C23H27Cl4N3O4S. The number of carbonyl (C=O) groups excluding carboxylic acids is 2. The molecule has 0 aliphatic rings. The van der Waals surface area contributed by atoms with Crippen molar-refractivity contribution in [2.24, 2.45) is 0 Å². The van der Waals surface area contributed by atoms with E-state index in [9.17, 15) is 18.0 Å². The Morgan fingerprint density at radius 1 is 0.971 bits per heavy atom. The standard InChI is InChI=1S/C23H27Cl4N3O4S/c1-5-14(2)28-23(32)15(3)29(12-16-8-6-7-9-17(16)24)22(31)13-30(35(4,33)34)21-11-19(26)18(25)10-20(21)27/h6-11,14-15H,5,12-13H2,1-4H3,(H,28,32)/t14-,15+/m0/s1. The highest BCUT2D eigenvalue weighted by Gasteiger charge is 2.31. The van der Waals surface area contributed by atoms with Crippen molar-refractivity contribution in [3.8, 4) is 0 Å². The number of amides is 2. The fourth-order valence-corrected chi connectivity index (χ4v) is 4.90. The second-order valence-corrected chi connectivity index (χ2v) is 11.6. The monoisotopic (exact) mass is 581 g/mol. The first-order valence-corrected chi connectivity index (χ1v) is 14.1. The Hall–Kier alpha value is -1.71. The minimum atomic E-state index is -3.98. The van der Waals surface area contributed by atoms with E-state index < -0.39 is 28.5 Å². The van der Waals surface area contributed by atoms with Gasteiger partial charge in [0.2, 0.25) is 21.8 Å². The Balaban J connectivity index is 2.47. The average Bonchev–Trinajstić information content (AvgIpc) is 2.78. The molecule has 2 aromatic rings. The van der Waals surface area contributed by atoms with Gasteiger partial charge in [-0.25, -0.2) is 8.42 Å². The fourth-order valence-electron chi connectivity index (χ4n) is 3.16. The summed E-state index contributed by atoms with van der Waals surface area (Å²) in [4.78, 5) is 27.7. The lowest BCUT2D eigenvalue weighted by atomic mass is 10.1. The van der Waals surface area contributed by atoms with Gasteiger partial charge in [-0.05, 0) is 44.0 Å². The van der Waals surface area contributed by atoms with Crippen molar-refractivity contribution in [3.05, 3.63) is 62.1 Å². The maximum atomic E-state index is 13.5. The number of halogens is 4. The zero-order chi connectivity index (χ0) is 26.5. The van der Waals surface area contributed by atoms with Crippen molar-refractivity contribution in [2.45, 2.75) is 45.8 Å². The first-order valence-electron chi connectivity index (χ1n) is 10.7. The molecule has 1 N–H and O–H groups in total. The summed E-state index contributed by atoms with van der Waals surface area (Å²) in [7, 11) is -3.98. The van der Waals surface area contributed by atoms with E-state index in [0.29, 0.717) is 17.0 Å². The van der Waals surface area contributed by atoms with Crippen molar-refractivity contribution < 1.29 is 18.0 Å². The number of nitrogens with one attached hydrogen (secondary N) is 1. The SMILES string of the molecule is CC[C@H](C)NC(=O)[C@@H](C)N(Cc1ccccc1Cl)C(=O)CN(c1cc(Cl)c(Cl)cc1Cl)S(C)(=O)=O. The summed E-state index contributed by atoms with van der Waals surface area (Å²) in [6, 6.07) is 8.45. The molecule has 0 aliphatic carbocycles. The normalized spacial score (nSPS) is 13.1. The predicted octanol–water partition coefficient (Wildman–Crippen LogP) is 5.40. The molecule has 35 heavy (non-hydrogen) atoms. The molecule has 2 rings (SSSR count). The molecule has 2 aromatic carbocycles. The Kier molecular flexibility index (Phi) is 10.5. The summed E-state index contributed by atoms with van der Waals surface area (Å²) < 4.78 is 26.2. The van der Waals surface area contributed by atoms with Crippen LogP contribution in [-0.4, -0.2) is 50.0 Å². The van der Waals surface area contributed by atoms with Crippen LogP contribution in [0.1, 0.15) is 32.8 Å². The van der Waals surface area contributed by atoms with Gasteiger partial charge >= 0.3 is 0 Å². The van der Waals surface area contributed by atoms with Crippen LogP contribution in [0.3, 0.4) is 0 Å². The van der Waals surface area contributed by atoms with Crippen molar-refractivity contribution in [2.75, 3.05) is 17.1 Å². The van der Waals surface area contributed by atoms with E-state index in [0.717, 1.165) is 10.6 Å². The molecule has 2 atom stereocenters. The Labute approximate surface area is 226 Å². The molecule has 0 bridgehead atoms. The van der Waals surface area contributed by atoms with E-state index in [-0.39, 0.29) is 39.2 Å². The molecule has 2 amide bonds. The number of nitrogens with zero attached hydrogens (tertiary/aromatic N) is 2. The summed E-state index contributed by atoms with van der Waals surface area (Å²) >= 11 is 24.6. The Morgan fingerprint density at radius 2 is 1.57 bits per heavy atom. The van der Waals surface area contributed by atoms with Crippen LogP contribution >= 0.6 is 46.4 Å². The minimum Gasteiger partial charge on any atom is -0.352 e. The van der Waals surface area contributed by atoms with E-state index in [2.05, 4.69) is 5.32 Å². The summed E-state index contributed by atoms with van der Waals surface area (Å²) in [5, 5.41) is 3.47. The third kappa shape index (κ3) is 7.89. The Morgan fingerprint density at radius 3 is 2.14 bits per heavy atom. The highest BCUT2D eigenvalue weighted by Crippen LogP contribution is 2.35. The number of rotatable bonds is 10. The molecule has 0 aromatic heterocycles. The molecule has 0 saturated heterocycles. The van der Waals surface area contributed by atoms with Gasteiger partial charge in [0.15, 0.2) is 0 Å². The number of hydrogen-bond donors (Lipinski definition) is 1. The van der Waals surface area contributed by atoms with Crippen molar-refractivity contribution >= 4 is 73.9 Å². The number of anilines is 1. The molecule has 192 valence electrons. The van der Waals surface area contributed by atoms with Crippen LogP contribution in [0.15, 0.2) is 36.4 Å². The van der Waals surface area contributed by atoms with Crippen molar-refractivity contribution in [3.63, 3.8) is 0 Å². The summed E-state index contributed by atoms with van der Waals surface area (Å²) in [6.45, 7) is 4.71. The van der Waals surface area contributed by atoms with Crippen molar-refractivity contribution in [1.29, 1.82) is 0 Å². The van der Waals surface area contributed by atoms with Crippen LogP contribution < -0.4 is 9.62 Å². The second kappa shape index (κ2) is 12.5. The maximum absolute atomic E-state index is 13.5. The van der Waals surface area contributed by atoms with Gasteiger partial charge in [0.1, 0.15) is 12.6 Å². The van der Waals surface area contributed by atoms with Gasteiger partial charge in [-0.2, -0.15) is 0 Å². The fraction of sp³-hybridized carbons (Fsp3) is 0.391. The average molecular weight is 583 g/mol. The molecule has 0 unspecified atom stereocenters. The number of carbonyl (C=O) groups is 2. The van der Waals surface area contributed by atoms with Gasteiger partial charge in [-0.1, -0.05) is 71.5 Å². The molecule has 7 nitrogen and oxygen atoms in total. The molecule has 0 fully saturated rings. The van der Waals surface area contributed by atoms with E-state index in [1.165, 1.54) is 17.0 Å². The third-order valence-corrected chi connectivity index (χ3v) is 7.92. The largest absolute Gasteiger partial charge is 0.352 e. The van der Waals surface area contributed by atoms with E-state index in [4.69, 9.17) is 46.4 Å². The van der Waals surface area contributed by atoms with E-state index >= 15 is 0 Å². The summed E-state index contributed by atoms with van der Waals surface area (Å²) in [6.07, 6.45) is 1.64.